The van der Waals surface area contributed by atoms with Gasteiger partial charge in [0.25, 0.3) is 5.91 Å². The zero-order valence-corrected chi connectivity index (χ0v) is 16.4. The predicted octanol–water partition coefficient (Wildman–Crippen LogP) is 1.16. The molecule has 7 nitrogen and oxygen atoms in total. The molecular weight excluding hydrogens is 330 g/mol. The van der Waals surface area contributed by atoms with Crippen molar-refractivity contribution < 1.29 is 19.6 Å². The van der Waals surface area contributed by atoms with E-state index in [2.05, 4.69) is 10.6 Å². The Bertz CT molecular complexity index is 449. The van der Waals surface area contributed by atoms with Gasteiger partial charge in [-0.3, -0.25) is 19.6 Å². The first-order chi connectivity index (χ1) is 11.0. The average molecular weight is 362 g/mol. The Labute approximate surface area is 148 Å². The summed E-state index contributed by atoms with van der Waals surface area (Å²) in [6, 6.07) is -0.718. The third-order valence-electron chi connectivity index (χ3n) is 3.71. The van der Waals surface area contributed by atoms with Gasteiger partial charge in [0.2, 0.25) is 11.8 Å². The van der Waals surface area contributed by atoms with Crippen LogP contribution < -0.4 is 16.1 Å². The maximum absolute atomic E-state index is 12.8. The number of likely N-dealkylation sites (N-methyl/N-ethyl adjacent to an activating group) is 1. The molecule has 0 heterocycles. The van der Waals surface area contributed by atoms with E-state index in [0.717, 1.165) is 0 Å². The highest BCUT2D eigenvalue weighted by molar-refractivity contribution is 8.00. The predicted molar refractivity (Wildman–Crippen MR) is 95.6 cm³/mol. The number of hydrogen-bond donors (Lipinski definition) is 4. The highest BCUT2D eigenvalue weighted by atomic mass is 32.2. The second-order valence-electron chi connectivity index (χ2n) is 7.29. The molecule has 0 saturated carbocycles. The first kappa shape index (κ1) is 22.7. The van der Waals surface area contributed by atoms with Crippen molar-refractivity contribution in [3.05, 3.63) is 0 Å². The number of carbonyl (C=O) groups is 3. The van der Waals surface area contributed by atoms with Gasteiger partial charge >= 0.3 is 0 Å². The van der Waals surface area contributed by atoms with Gasteiger partial charge in [0.05, 0.1) is 11.2 Å². The van der Waals surface area contributed by atoms with Crippen molar-refractivity contribution in [1.29, 1.82) is 0 Å². The van der Waals surface area contributed by atoms with Crippen molar-refractivity contribution in [3.8, 4) is 0 Å². The second-order valence-corrected chi connectivity index (χ2v) is 8.27. The van der Waals surface area contributed by atoms with Crippen molar-refractivity contribution in [1.82, 2.24) is 16.1 Å². The molecule has 0 aliphatic rings. The van der Waals surface area contributed by atoms with E-state index in [1.807, 2.05) is 34.6 Å². The summed E-state index contributed by atoms with van der Waals surface area (Å²) in [7, 11) is 1.52. The van der Waals surface area contributed by atoms with Gasteiger partial charge in [-0.05, 0) is 24.0 Å². The number of hydroxylamine groups is 1. The van der Waals surface area contributed by atoms with E-state index in [-0.39, 0.29) is 17.7 Å². The van der Waals surface area contributed by atoms with Crippen LogP contribution in [0.4, 0.5) is 0 Å². The molecule has 0 radical (unpaired) electrons. The Balaban J connectivity index is 5.50. The van der Waals surface area contributed by atoms with Crippen LogP contribution in [0.15, 0.2) is 0 Å². The summed E-state index contributed by atoms with van der Waals surface area (Å²) in [4.78, 5) is 36.8. The van der Waals surface area contributed by atoms with Gasteiger partial charge in [-0.2, -0.15) is 11.8 Å². The molecule has 0 aliphatic heterocycles. The maximum atomic E-state index is 12.8. The molecule has 0 aromatic rings. The van der Waals surface area contributed by atoms with Gasteiger partial charge in [-0.15, -0.1) is 0 Å². The Morgan fingerprint density at radius 2 is 1.62 bits per heavy atom. The summed E-state index contributed by atoms with van der Waals surface area (Å²) < 4.78 is 0. The third kappa shape index (κ3) is 6.68. The van der Waals surface area contributed by atoms with Gasteiger partial charge in [-0.25, -0.2) is 5.48 Å². The molecule has 0 unspecified atom stereocenters. The number of amides is 3. The molecule has 0 aromatic heterocycles. The molecule has 0 bridgehead atoms. The fourth-order valence-electron chi connectivity index (χ4n) is 2.46. The minimum atomic E-state index is -0.734. The molecule has 3 atom stereocenters. The lowest BCUT2D eigenvalue weighted by Crippen LogP contribution is -2.56. The Morgan fingerprint density at radius 3 is 1.96 bits per heavy atom. The lowest BCUT2D eigenvalue weighted by atomic mass is 9.85. The van der Waals surface area contributed by atoms with Crippen LogP contribution in [0.1, 0.15) is 41.0 Å². The molecule has 24 heavy (non-hydrogen) atoms. The van der Waals surface area contributed by atoms with Gasteiger partial charge in [0, 0.05) is 7.05 Å². The minimum absolute atomic E-state index is 0.176. The van der Waals surface area contributed by atoms with E-state index in [4.69, 9.17) is 5.21 Å². The lowest BCUT2D eigenvalue weighted by molar-refractivity contribution is -0.137. The molecule has 8 heteroatoms. The van der Waals surface area contributed by atoms with E-state index < -0.39 is 28.5 Å². The molecule has 0 aliphatic carbocycles. The van der Waals surface area contributed by atoms with E-state index in [9.17, 15) is 14.4 Å². The summed E-state index contributed by atoms with van der Waals surface area (Å²) >= 11 is 1.20. The number of rotatable bonds is 8. The topological polar surface area (TPSA) is 108 Å². The molecular formula is C16H31N3O4S. The molecule has 0 rings (SSSR count). The monoisotopic (exact) mass is 361 g/mol. The highest BCUT2D eigenvalue weighted by Gasteiger charge is 2.38. The molecule has 0 aromatic carbocycles. The van der Waals surface area contributed by atoms with Crippen molar-refractivity contribution in [2.24, 2.45) is 17.3 Å². The second kappa shape index (κ2) is 9.88. The van der Waals surface area contributed by atoms with Crippen LogP contribution in [0.5, 0.6) is 0 Å². The molecule has 0 saturated heterocycles. The molecule has 0 spiro atoms. The van der Waals surface area contributed by atoms with Crippen LogP contribution >= 0.6 is 11.8 Å². The van der Waals surface area contributed by atoms with E-state index in [1.54, 1.807) is 11.7 Å². The molecule has 3 amide bonds. The number of thioether (sulfide) groups is 1. The Hall–Kier alpha value is -1.28. The summed E-state index contributed by atoms with van der Waals surface area (Å²) in [5.74, 6) is -1.74. The normalized spacial score (nSPS) is 15.4. The molecule has 140 valence electrons. The molecule has 4 N–H and O–H groups in total. The van der Waals surface area contributed by atoms with Crippen LogP contribution in [-0.4, -0.2) is 47.5 Å². The highest BCUT2D eigenvalue weighted by Crippen LogP contribution is 2.26. The quantitative estimate of drug-likeness (QED) is 0.383. The summed E-state index contributed by atoms with van der Waals surface area (Å²) in [6.45, 7) is 9.48. The van der Waals surface area contributed by atoms with Crippen LogP contribution in [0.3, 0.4) is 0 Å². The van der Waals surface area contributed by atoms with Crippen LogP contribution in [0, 0.1) is 17.3 Å². The first-order valence-electron chi connectivity index (χ1n) is 7.98. The first-order valence-corrected chi connectivity index (χ1v) is 9.27. The number of hydrogen-bond acceptors (Lipinski definition) is 5. The van der Waals surface area contributed by atoms with E-state index >= 15 is 0 Å². The fraction of sp³-hybridized carbons (Fsp3) is 0.812. The average Bonchev–Trinajstić information content (AvgIpc) is 2.49. The van der Waals surface area contributed by atoms with Crippen molar-refractivity contribution >= 4 is 29.5 Å². The SMILES string of the molecule is CNC(=O)[C@@H](NC(=O)[C@@H](CC(C)C)[C@@H](SC)C(=O)NO)C(C)(C)C. The smallest absolute Gasteiger partial charge is 0.257 e. The van der Waals surface area contributed by atoms with E-state index in [1.165, 1.54) is 18.8 Å². The largest absolute Gasteiger partial charge is 0.357 e. The van der Waals surface area contributed by atoms with Gasteiger partial charge in [0.1, 0.15) is 6.04 Å². The summed E-state index contributed by atoms with van der Waals surface area (Å²) in [6.07, 6.45) is 2.18. The molecule has 0 fully saturated rings. The van der Waals surface area contributed by atoms with Crippen LogP contribution in [0.25, 0.3) is 0 Å². The van der Waals surface area contributed by atoms with Crippen LogP contribution in [-0.2, 0) is 14.4 Å². The van der Waals surface area contributed by atoms with Crippen molar-refractivity contribution in [2.75, 3.05) is 13.3 Å². The maximum Gasteiger partial charge on any atom is 0.257 e. The minimum Gasteiger partial charge on any atom is -0.357 e. The summed E-state index contributed by atoms with van der Waals surface area (Å²) in [5, 5.41) is 13.5. The standard InChI is InChI=1S/C16H31N3O4S/c1-9(2)8-10(11(24-7)14(21)19-23)13(20)18-12(15(22)17-6)16(3,4)5/h9-12,23H,8H2,1-7H3,(H,17,22)(H,18,20)(H,19,21)/t10-,11+,12+/m0/s1. The van der Waals surface area contributed by atoms with Crippen molar-refractivity contribution in [3.63, 3.8) is 0 Å². The number of nitrogens with one attached hydrogen (secondary N) is 3. The van der Waals surface area contributed by atoms with E-state index in [0.29, 0.717) is 6.42 Å². The zero-order valence-electron chi connectivity index (χ0n) is 15.6. The number of carbonyl (C=O) groups excluding carboxylic acids is 3. The van der Waals surface area contributed by atoms with Gasteiger partial charge in [-0.1, -0.05) is 34.6 Å². The Kier molecular flexibility index (Phi) is 9.35. The lowest BCUT2D eigenvalue weighted by Gasteiger charge is -2.33. The van der Waals surface area contributed by atoms with Crippen molar-refractivity contribution in [2.45, 2.75) is 52.3 Å². The third-order valence-corrected chi connectivity index (χ3v) is 4.76. The fourth-order valence-corrected chi connectivity index (χ4v) is 3.29. The summed E-state index contributed by atoms with van der Waals surface area (Å²) in [5.41, 5.74) is 1.14. The Morgan fingerprint density at radius 1 is 1.08 bits per heavy atom. The van der Waals surface area contributed by atoms with Gasteiger partial charge < -0.3 is 10.6 Å². The van der Waals surface area contributed by atoms with Gasteiger partial charge in [0.15, 0.2) is 0 Å². The van der Waals surface area contributed by atoms with Crippen LogP contribution in [0.2, 0.25) is 0 Å². The zero-order chi connectivity index (χ0) is 19.1.